The number of aliphatic carboxylic acids is 1. The lowest BCUT2D eigenvalue weighted by Gasteiger charge is -2.27. The van der Waals surface area contributed by atoms with E-state index in [1.165, 1.54) is 23.1 Å². The van der Waals surface area contributed by atoms with Crippen LogP contribution in [0.25, 0.3) is 6.08 Å². The minimum absolute atomic E-state index is 0.191. The molecular weight excluding hydrogens is 588 g/mol. The van der Waals surface area contributed by atoms with Gasteiger partial charge >= 0.3 is 18.3 Å². The quantitative estimate of drug-likeness (QED) is 0.317. The van der Waals surface area contributed by atoms with Gasteiger partial charge in [0.05, 0.1) is 41.3 Å². The molecular formula is C29H29F6NO5S. The summed E-state index contributed by atoms with van der Waals surface area (Å²) in [6.45, 7) is 1.34. The number of benzene rings is 2. The monoisotopic (exact) mass is 617 g/mol. The number of rotatable bonds is 8. The molecule has 1 saturated carbocycles. The minimum Gasteiger partial charge on any atom is -0.489 e. The van der Waals surface area contributed by atoms with Crippen molar-refractivity contribution in [2.45, 2.75) is 60.4 Å². The van der Waals surface area contributed by atoms with Gasteiger partial charge in [0.1, 0.15) is 5.75 Å². The van der Waals surface area contributed by atoms with Crippen LogP contribution in [0, 0.1) is 5.92 Å². The summed E-state index contributed by atoms with van der Waals surface area (Å²) in [4.78, 5) is 24.6. The Labute approximate surface area is 242 Å². The SMILES string of the molecule is O=C(O)C1CCC(Oc2ccccc2Sc2ccc(C=CCC(=O)N3CCOCC3)c(C(F)(F)F)c2C(F)(F)F)CC1. The Morgan fingerprint density at radius 2 is 1.57 bits per heavy atom. The van der Waals surface area contributed by atoms with Crippen molar-refractivity contribution in [3.63, 3.8) is 0 Å². The van der Waals surface area contributed by atoms with Crippen molar-refractivity contribution in [3.05, 3.63) is 59.2 Å². The summed E-state index contributed by atoms with van der Waals surface area (Å²) in [5, 5.41) is 9.20. The Balaban J connectivity index is 1.61. The van der Waals surface area contributed by atoms with Gasteiger partial charge < -0.3 is 19.5 Å². The van der Waals surface area contributed by atoms with Gasteiger partial charge in [0.15, 0.2) is 0 Å². The van der Waals surface area contributed by atoms with Crippen LogP contribution < -0.4 is 4.74 Å². The average Bonchev–Trinajstić information content (AvgIpc) is 2.94. The Morgan fingerprint density at radius 3 is 2.19 bits per heavy atom. The fraction of sp³-hybridized carbons (Fsp3) is 0.448. The second-order valence-electron chi connectivity index (χ2n) is 9.98. The van der Waals surface area contributed by atoms with Crippen molar-refractivity contribution in [1.29, 1.82) is 0 Å². The molecule has 6 nitrogen and oxygen atoms in total. The molecule has 0 bridgehead atoms. The molecule has 0 atom stereocenters. The molecule has 1 heterocycles. The molecule has 42 heavy (non-hydrogen) atoms. The van der Waals surface area contributed by atoms with Crippen LogP contribution in [0.2, 0.25) is 0 Å². The summed E-state index contributed by atoms with van der Waals surface area (Å²) in [5.74, 6) is -1.55. The van der Waals surface area contributed by atoms with Crippen LogP contribution in [0.15, 0.2) is 52.3 Å². The van der Waals surface area contributed by atoms with Gasteiger partial charge in [-0.05, 0) is 49.4 Å². The molecule has 1 saturated heterocycles. The normalized spacial score (nSPS) is 20.1. The molecule has 0 radical (unpaired) electrons. The van der Waals surface area contributed by atoms with Crippen molar-refractivity contribution >= 4 is 29.7 Å². The second-order valence-corrected chi connectivity index (χ2v) is 11.1. The number of carboxylic acid groups (broad SMARTS) is 1. The van der Waals surface area contributed by atoms with Crippen molar-refractivity contribution < 1.29 is 50.5 Å². The van der Waals surface area contributed by atoms with E-state index in [0.29, 0.717) is 63.7 Å². The van der Waals surface area contributed by atoms with E-state index in [1.807, 2.05) is 0 Å². The van der Waals surface area contributed by atoms with Crippen LogP contribution in [0.1, 0.15) is 48.8 Å². The average molecular weight is 618 g/mol. The highest BCUT2D eigenvalue weighted by Gasteiger charge is 2.46. The zero-order valence-electron chi connectivity index (χ0n) is 22.3. The third-order valence-electron chi connectivity index (χ3n) is 7.11. The van der Waals surface area contributed by atoms with Crippen LogP contribution in [-0.2, 0) is 26.7 Å². The molecule has 228 valence electrons. The van der Waals surface area contributed by atoms with E-state index in [4.69, 9.17) is 9.47 Å². The molecule has 2 aromatic rings. The molecule has 2 aromatic carbocycles. The lowest BCUT2D eigenvalue weighted by molar-refractivity contribution is -0.163. The summed E-state index contributed by atoms with van der Waals surface area (Å²) >= 11 is 0.512. The zero-order valence-corrected chi connectivity index (χ0v) is 23.2. The number of hydrogen-bond acceptors (Lipinski definition) is 5. The molecule has 13 heteroatoms. The van der Waals surface area contributed by atoms with Crippen LogP contribution in [-0.4, -0.2) is 54.3 Å². The lowest BCUT2D eigenvalue weighted by atomic mass is 9.87. The van der Waals surface area contributed by atoms with Gasteiger partial charge in [-0.25, -0.2) is 0 Å². The predicted octanol–water partition coefficient (Wildman–Crippen LogP) is 7.16. The van der Waals surface area contributed by atoms with Gasteiger partial charge in [0.25, 0.3) is 0 Å². The van der Waals surface area contributed by atoms with Gasteiger partial charge in [-0.2, -0.15) is 26.3 Å². The lowest BCUT2D eigenvalue weighted by Crippen LogP contribution is -2.40. The van der Waals surface area contributed by atoms with Crippen molar-refractivity contribution in [3.8, 4) is 5.75 Å². The first-order valence-corrected chi connectivity index (χ1v) is 14.2. The third-order valence-corrected chi connectivity index (χ3v) is 8.22. The summed E-state index contributed by atoms with van der Waals surface area (Å²) in [5.41, 5.74) is -4.35. The summed E-state index contributed by atoms with van der Waals surface area (Å²) in [7, 11) is 0. The number of hydrogen-bond donors (Lipinski definition) is 1. The van der Waals surface area contributed by atoms with E-state index in [9.17, 15) is 41.0 Å². The fourth-order valence-electron chi connectivity index (χ4n) is 5.00. The van der Waals surface area contributed by atoms with Gasteiger partial charge in [-0.3, -0.25) is 9.59 Å². The Bertz CT molecular complexity index is 1300. The van der Waals surface area contributed by atoms with E-state index >= 15 is 0 Å². The number of amides is 1. The standard InChI is InChI=1S/C29H29F6NO5S/c30-28(31,32)25-18(4-3-7-24(37)36-14-16-40-17-15-36)10-13-23(26(25)29(33,34)35)42-22-6-2-1-5-21(22)41-20-11-8-19(9-12-20)27(38)39/h1-6,10,13,19-20H,7-9,11-12,14-17H2,(H,38,39). The summed E-state index contributed by atoms with van der Waals surface area (Å²) < 4.78 is 96.7. The van der Waals surface area contributed by atoms with Gasteiger partial charge in [-0.1, -0.05) is 42.1 Å². The molecule has 2 aliphatic rings. The number of morpholine rings is 1. The zero-order chi connectivity index (χ0) is 30.5. The number of alkyl halides is 6. The highest BCUT2D eigenvalue weighted by atomic mass is 32.2. The molecule has 0 aromatic heterocycles. The molecule has 4 rings (SSSR count). The molecule has 1 aliphatic heterocycles. The molecule has 1 N–H and O–H groups in total. The predicted molar refractivity (Wildman–Crippen MR) is 142 cm³/mol. The van der Waals surface area contributed by atoms with Crippen LogP contribution >= 0.6 is 11.8 Å². The number of carbonyl (C=O) groups is 2. The molecule has 1 aliphatic carbocycles. The molecule has 1 amide bonds. The van der Waals surface area contributed by atoms with Crippen molar-refractivity contribution in [1.82, 2.24) is 4.90 Å². The molecule has 0 unspecified atom stereocenters. The van der Waals surface area contributed by atoms with Crippen molar-refractivity contribution in [2.75, 3.05) is 26.3 Å². The highest BCUT2D eigenvalue weighted by Crippen LogP contribution is 2.49. The Hall–Kier alpha value is -3.19. The van der Waals surface area contributed by atoms with Crippen molar-refractivity contribution in [2.24, 2.45) is 5.92 Å². The first kappa shape index (κ1) is 31.7. The fourth-order valence-corrected chi connectivity index (χ4v) is 6.05. The topological polar surface area (TPSA) is 76.1 Å². The maximum atomic E-state index is 14.3. The Kier molecular flexibility index (Phi) is 10.1. The number of ether oxygens (including phenoxy) is 2. The largest absolute Gasteiger partial charge is 0.489 e. The molecule has 0 spiro atoms. The van der Waals surface area contributed by atoms with E-state index in [1.54, 1.807) is 6.07 Å². The maximum absolute atomic E-state index is 14.3. The molecule has 2 fully saturated rings. The van der Waals surface area contributed by atoms with Crippen LogP contribution in [0.5, 0.6) is 5.75 Å². The van der Waals surface area contributed by atoms with E-state index < -0.39 is 45.8 Å². The number of carboxylic acids is 1. The Morgan fingerprint density at radius 1 is 0.929 bits per heavy atom. The third kappa shape index (κ3) is 8.00. The number of para-hydroxylation sites is 1. The highest BCUT2D eigenvalue weighted by molar-refractivity contribution is 7.99. The number of halogens is 6. The summed E-state index contributed by atoms with van der Waals surface area (Å²) in [6, 6.07) is 8.07. The first-order chi connectivity index (χ1) is 19.8. The summed E-state index contributed by atoms with van der Waals surface area (Å²) in [6.07, 6.45) is -7.66. The minimum atomic E-state index is -5.34. The maximum Gasteiger partial charge on any atom is 0.418 e. The number of carbonyl (C=O) groups excluding carboxylic acids is 1. The first-order valence-electron chi connectivity index (χ1n) is 13.3. The smallest absolute Gasteiger partial charge is 0.418 e. The number of nitrogens with zero attached hydrogens (tertiary/aromatic N) is 1. The van der Waals surface area contributed by atoms with Crippen LogP contribution in [0.4, 0.5) is 26.3 Å². The van der Waals surface area contributed by atoms with Gasteiger partial charge in [0, 0.05) is 24.4 Å². The van der Waals surface area contributed by atoms with Gasteiger partial charge in [0.2, 0.25) is 5.91 Å². The van der Waals surface area contributed by atoms with Crippen LogP contribution in [0.3, 0.4) is 0 Å². The van der Waals surface area contributed by atoms with E-state index in [-0.39, 0.29) is 29.1 Å². The second kappa shape index (κ2) is 13.4. The van der Waals surface area contributed by atoms with Gasteiger partial charge in [-0.15, -0.1) is 0 Å². The van der Waals surface area contributed by atoms with E-state index in [0.717, 1.165) is 24.3 Å². The van der Waals surface area contributed by atoms with E-state index in [2.05, 4.69) is 0 Å².